The highest BCUT2D eigenvalue weighted by Gasteiger charge is 2.19. The second-order valence-corrected chi connectivity index (χ2v) is 13.5. The van der Waals surface area contributed by atoms with E-state index in [4.69, 9.17) is 9.97 Å². The van der Waals surface area contributed by atoms with Crippen molar-refractivity contribution in [1.82, 2.24) is 19.5 Å². The summed E-state index contributed by atoms with van der Waals surface area (Å²) in [5.74, 6) is 0.699. The molecule has 4 heteroatoms. The summed E-state index contributed by atoms with van der Waals surface area (Å²) in [7, 11) is 0. The van der Waals surface area contributed by atoms with Crippen LogP contribution in [0.2, 0.25) is 0 Å². The number of H-pyrrole nitrogens is 1. The third-order valence-electron chi connectivity index (χ3n) is 10.5. The first-order valence-electron chi connectivity index (χ1n) is 17.7. The lowest BCUT2D eigenvalue weighted by atomic mass is 10.0. The molecule has 0 aliphatic heterocycles. The average Bonchev–Trinajstić information content (AvgIpc) is 3.74. The second-order valence-electron chi connectivity index (χ2n) is 13.5. The van der Waals surface area contributed by atoms with E-state index in [0.717, 1.165) is 44.8 Å². The molecule has 0 amide bonds. The molecule has 3 heterocycles. The molecule has 0 saturated carbocycles. The SMILES string of the molecule is c1ccc(-c2cc(-c3ccccc3)nc(-c3ccc(-n4c5cc6ccccc6cc5c5ccc6c7cc8ccccc8cc7[nH]c6c54)cc3)n2)cc1. The molecule has 0 bridgehead atoms. The van der Waals surface area contributed by atoms with Crippen molar-refractivity contribution in [3.8, 4) is 39.6 Å². The van der Waals surface area contributed by atoms with Gasteiger partial charge < -0.3 is 9.55 Å². The summed E-state index contributed by atoms with van der Waals surface area (Å²) >= 11 is 0. The Hall–Kier alpha value is -7.04. The van der Waals surface area contributed by atoms with Crippen LogP contribution in [-0.4, -0.2) is 19.5 Å². The van der Waals surface area contributed by atoms with Gasteiger partial charge in [-0.1, -0.05) is 121 Å². The van der Waals surface area contributed by atoms with Crippen molar-refractivity contribution in [1.29, 1.82) is 0 Å². The molecule has 3 aromatic heterocycles. The van der Waals surface area contributed by atoms with Gasteiger partial charge in [-0.3, -0.25) is 0 Å². The van der Waals surface area contributed by atoms with Crippen LogP contribution < -0.4 is 0 Å². The van der Waals surface area contributed by atoms with Gasteiger partial charge in [0.15, 0.2) is 5.82 Å². The fourth-order valence-electron chi connectivity index (χ4n) is 7.96. The van der Waals surface area contributed by atoms with Gasteiger partial charge in [-0.15, -0.1) is 0 Å². The Morgan fingerprint density at radius 1 is 0.404 bits per heavy atom. The van der Waals surface area contributed by atoms with E-state index in [0.29, 0.717) is 5.82 Å². The molecule has 0 radical (unpaired) electrons. The number of aromatic nitrogens is 4. The second kappa shape index (κ2) is 11.2. The van der Waals surface area contributed by atoms with E-state index in [2.05, 4.69) is 173 Å². The quantitative estimate of drug-likeness (QED) is 0.204. The van der Waals surface area contributed by atoms with Gasteiger partial charge in [0.05, 0.1) is 27.9 Å². The maximum Gasteiger partial charge on any atom is 0.160 e. The van der Waals surface area contributed by atoms with Crippen molar-refractivity contribution in [2.24, 2.45) is 0 Å². The zero-order valence-corrected chi connectivity index (χ0v) is 28.1. The van der Waals surface area contributed by atoms with Crippen LogP contribution in [0.15, 0.2) is 176 Å². The van der Waals surface area contributed by atoms with Crippen LogP contribution in [-0.2, 0) is 0 Å². The molecule has 0 saturated heterocycles. The van der Waals surface area contributed by atoms with Crippen LogP contribution >= 0.6 is 0 Å². The molecule has 0 atom stereocenters. The summed E-state index contributed by atoms with van der Waals surface area (Å²) < 4.78 is 2.43. The fourth-order valence-corrected chi connectivity index (χ4v) is 7.96. The van der Waals surface area contributed by atoms with Gasteiger partial charge in [-0.05, 0) is 76.1 Å². The predicted molar refractivity (Wildman–Crippen MR) is 217 cm³/mol. The molecule has 4 nitrogen and oxygen atoms in total. The Bertz CT molecular complexity index is 3100. The van der Waals surface area contributed by atoms with Crippen LogP contribution in [0.4, 0.5) is 0 Å². The summed E-state index contributed by atoms with van der Waals surface area (Å²) in [6, 6.07) is 62.6. The average molecular weight is 663 g/mol. The van der Waals surface area contributed by atoms with Crippen molar-refractivity contribution in [2.45, 2.75) is 0 Å². The maximum atomic E-state index is 5.09. The van der Waals surface area contributed by atoms with Gasteiger partial charge in [-0.25, -0.2) is 9.97 Å². The van der Waals surface area contributed by atoms with E-state index in [-0.39, 0.29) is 0 Å². The van der Waals surface area contributed by atoms with Gasteiger partial charge in [0.25, 0.3) is 0 Å². The van der Waals surface area contributed by atoms with Gasteiger partial charge in [-0.2, -0.15) is 0 Å². The molecular weight excluding hydrogens is 633 g/mol. The van der Waals surface area contributed by atoms with E-state index in [9.17, 15) is 0 Å². The summed E-state index contributed by atoms with van der Waals surface area (Å²) in [5, 5.41) is 9.83. The highest BCUT2D eigenvalue weighted by Crippen LogP contribution is 2.41. The third kappa shape index (κ3) is 4.48. The fraction of sp³-hybridized carbons (Fsp3) is 0. The molecule has 0 aliphatic rings. The lowest BCUT2D eigenvalue weighted by molar-refractivity contribution is 1.17. The van der Waals surface area contributed by atoms with Gasteiger partial charge in [0, 0.05) is 49.4 Å². The van der Waals surface area contributed by atoms with E-state index in [1.165, 1.54) is 54.1 Å². The van der Waals surface area contributed by atoms with E-state index in [1.807, 2.05) is 12.1 Å². The van der Waals surface area contributed by atoms with Crippen molar-refractivity contribution >= 4 is 65.2 Å². The number of fused-ring (bicyclic) bond motifs is 9. The van der Waals surface area contributed by atoms with E-state index >= 15 is 0 Å². The number of hydrogen-bond acceptors (Lipinski definition) is 2. The zero-order chi connectivity index (χ0) is 34.2. The van der Waals surface area contributed by atoms with Crippen LogP contribution in [0, 0.1) is 0 Å². The van der Waals surface area contributed by atoms with E-state index < -0.39 is 0 Å². The molecule has 0 fully saturated rings. The van der Waals surface area contributed by atoms with Crippen LogP contribution in [0.1, 0.15) is 0 Å². The maximum absolute atomic E-state index is 5.09. The van der Waals surface area contributed by atoms with Crippen molar-refractivity contribution in [3.63, 3.8) is 0 Å². The third-order valence-corrected chi connectivity index (χ3v) is 10.5. The number of rotatable bonds is 4. The summed E-state index contributed by atoms with van der Waals surface area (Å²) in [6.07, 6.45) is 0. The predicted octanol–water partition coefficient (Wildman–Crippen LogP) is 12.5. The Balaban J connectivity index is 1.14. The molecule has 52 heavy (non-hydrogen) atoms. The Morgan fingerprint density at radius 3 is 1.58 bits per heavy atom. The lowest BCUT2D eigenvalue weighted by Crippen LogP contribution is -1.97. The molecule has 0 spiro atoms. The number of benzene rings is 8. The topological polar surface area (TPSA) is 46.5 Å². The first-order chi connectivity index (χ1) is 25.7. The molecule has 11 rings (SSSR count). The van der Waals surface area contributed by atoms with Crippen LogP contribution in [0.3, 0.4) is 0 Å². The lowest BCUT2D eigenvalue weighted by Gasteiger charge is -2.12. The standard InChI is InChI=1S/C48H30N4/c1-3-11-30(12-4-1)42-29-43(31-13-5-2-6-14-31)51-48(50-42)32-19-21-37(22-20-32)52-45-28-36-18-10-8-16-34(36)26-41(45)39-24-23-38-40-25-33-15-7-9-17-35(33)27-44(40)49-46(38)47(39)52/h1-29,49H. The first-order valence-corrected chi connectivity index (χ1v) is 17.7. The highest BCUT2D eigenvalue weighted by atomic mass is 15.0. The summed E-state index contributed by atoms with van der Waals surface area (Å²) in [4.78, 5) is 14.0. The van der Waals surface area contributed by atoms with Gasteiger partial charge >= 0.3 is 0 Å². The molecule has 11 aromatic rings. The molecule has 1 N–H and O–H groups in total. The monoisotopic (exact) mass is 662 g/mol. The number of hydrogen-bond donors (Lipinski definition) is 1. The summed E-state index contributed by atoms with van der Waals surface area (Å²) in [6.45, 7) is 0. The zero-order valence-electron chi connectivity index (χ0n) is 28.1. The molecule has 242 valence electrons. The largest absolute Gasteiger partial charge is 0.353 e. The Morgan fingerprint density at radius 2 is 0.942 bits per heavy atom. The Labute approximate surface area is 299 Å². The minimum absolute atomic E-state index is 0.699. The van der Waals surface area contributed by atoms with Gasteiger partial charge in [0.1, 0.15) is 0 Å². The van der Waals surface area contributed by atoms with Gasteiger partial charge in [0.2, 0.25) is 0 Å². The number of aromatic amines is 1. The number of nitrogens with one attached hydrogen (secondary N) is 1. The van der Waals surface area contributed by atoms with E-state index in [1.54, 1.807) is 0 Å². The normalized spacial score (nSPS) is 11.8. The smallest absolute Gasteiger partial charge is 0.160 e. The minimum atomic E-state index is 0.699. The minimum Gasteiger partial charge on any atom is -0.353 e. The first kappa shape index (κ1) is 28.8. The van der Waals surface area contributed by atoms with Crippen LogP contribution in [0.5, 0.6) is 0 Å². The molecule has 8 aromatic carbocycles. The molecular formula is C48H30N4. The number of nitrogens with zero attached hydrogens (tertiary/aromatic N) is 3. The van der Waals surface area contributed by atoms with Crippen LogP contribution in [0.25, 0.3) is 105 Å². The Kier molecular flexibility index (Phi) is 6.22. The highest BCUT2D eigenvalue weighted by molar-refractivity contribution is 6.25. The summed E-state index contributed by atoms with van der Waals surface area (Å²) in [5.41, 5.74) is 10.6. The molecule has 0 aliphatic carbocycles. The van der Waals surface area contributed by atoms with Crippen molar-refractivity contribution in [2.75, 3.05) is 0 Å². The van der Waals surface area contributed by atoms with Crippen molar-refractivity contribution in [3.05, 3.63) is 176 Å². The van der Waals surface area contributed by atoms with Crippen molar-refractivity contribution < 1.29 is 0 Å². The molecule has 0 unspecified atom stereocenters.